The Hall–Kier alpha value is -1.38. The lowest BCUT2D eigenvalue weighted by molar-refractivity contribution is -0.0700. The average Bonchev–Trinajstić information content (AvgIpc) is 1.98. The van der Waals surface area contributed by atoms with Crippen LogP contribution < -0.4 is 5.73 Å². The first-order valence-corrected chi connectivity index (χ1v) is 3.97. The van der Waals surface area contributed by atoms with Gasteiger partial charge >= 0.3 is 12.2 Å². The maximum atomic E-state index is 11.7. The molecule has 3 nitrogen and oxygen atoms in total. The lowest BCUT2D eigenvalue weighted by Crippen LogP contribution is -2.58. The summed E-state index contributed by atoms with van der Waals surface area (Å²) in [5.74, 6) is 2.83. The SMILES string of the molecule is CC1C(C#CC(F)(F)F)CN1C(N)=O. The van der Waals surface area contributed by atoms with Gasteiger partial charge in [0.2, 0.25) is 0 Å². The van der Waals surface area contributed by atoms with Crippen LogP contribution in [0.25, 0.3) is 0 Å². The quantitative estimate of drug-likeness (QED) is 0.589. The second-order valence-electron chi connectivity index (χ2n) is 3.10. The van der Waals surface area contributed by atoms with Crippen LogP contribution in [0.2, 0.25) is 0 Å². The number of rotatable bonds is 0. The minimum atomic E-state index is -4.47. The number of alkyl halides is 3. The molecule has 0 saturated carbocycles. The van der Waals surface area contributed by atoms with Crippen LogP contribution in [-0.2, 0) is 0 Å². The molecule has 1 saturated heterocycles. The maximum Gasteiger partial charge on any atom is 0.457 e. The van der Waals surface area contributed by atoms with Crippen molar-refractivity contribution in [1.29, 1.82) is 0 Å². The van der Waals surface area contributed by atoms with Gasteiger partial charge in [0.25, 0.3) is 0 Å². The van der Waals surface area contributed by atoms with Gasteiger partial charge in [-0.2, -0.15) is 13.2 Å². The predicted molar refractivity (Wildman–Crippen MR) is 43.1 cm³/mol. The largest absolute Gasteiger partial charge is 0.457 e. The third-order valence-corrected chi connectivity index (χ3v) is 2.15. The van der Waals surface area contributed by atoms with Crippen LogP contribution in [0, 0.1) is 17.8 Å². The highest BCUT2D eigenvalue weighted by atomic mass is 19.4. The molecule has 0 radical (unpaired) electrons. The molecular weight excluding hydrogens is 197 g/mol. The number of nitrogens with two attached hydrogens (primary N) is 1. The summed E-state index contributed by atoms with van der Waals surface area (Å²) >= 11 is 0. The van der Waals surface area contributed by atoms with E-state index in [9.17, 15) is 18.0 Å². The molecule has 2 unspecified atom stereocenters. The van der Waals surface area contributed by atoms with Crippen molar-refractivity contribution in [2.75, 3.05) is 6.54 Å². The Bertz CT molecular complexity index is 302. The molecule has 14 heavy (non-hydrogen) atoms. The Labute approximate surface area is 79.0 Å². The number of likely N-dealkylation sites (tertiary alicyclic amines) is 1. The summed E-state index contributed by atoms with van der Waals surface area (Å²) in [6.45, 7) is 1.80. The average molecular weight is 206 g/mol. The molecule has 78 valence electrons. The topological polar surface area (TPSA) is 46.3 Å². The number of amides is 2. The maximum absolute atomic E-state index is 11.7. The van der Waals surface area contributed by atoms with E-state index in [0.29, 0.717) is 0 Å². The van der Waals surface area contributed by atoms with Crippen LogP contribution in [0.3, 0.4) is 0 Å². The minimum Gasteiger partial charge on any atom is -0.351 e. The predicted octanol–water partition coefficient (Wildman–Crippen LogP) is 0.951. The second-order valence-corrected chi connectivity index (χ2v) is 3.10. The molecular formula is C8H9F3N2O. The van der Waals surface area contributed by atoms with Gasteiger partial charge in [-0.05, 0) is 6.92 Å². The van der Waals surface area contributed by atoms with Crippen molar-refractivity contribution in [3.05, 3.63) is 0 Å². The van der Waals surface area contributed by atoms with E-state index in [0.717, 1.165) is 0 Å². The van der Waals surface area contributed by atoms with Crippen LogP contribution in [0.5, 0.6) is 0 Å². The van der Waals surface area contributed by atoms with Crippen LogP contribution in [0.1, 0.15) is 6.92 Å². The van der Waals surface area contributed by atoms with E-state index in [2.05, 4.69) is 5.92 Å². The van der Waals surface area contributed by atoms with Gasteiger partial charge in [-0.15, -0.1) is 0 Å². The summed E-state index contributed by atoms with van der Waals surface area (Å²) in [5, 5.41) is 0. The van der Waals surface area contributed by atoms with E-state index in [1.54, 1.807) is 6.92 Å². The molecule has 0 bridgehead atoms. The molecule has 0 aliphatic carbocycles. The molecule has 2 amide bonds. The molecule has 1 aliphatic rings. The van der Waals surface area contributed by atoms with Crippen LogP contribution >= 0.6 is 0 Å². The number of carbonyl (C=O) groups is 1. The molecule has 1 aliphatic heterocycles. The number of hydrogen-bond donors (Lipinski definition) is 1. The standard InChI is InChI=1S/C8H9F3N2O/c1-5-6(2-3-8(9,10)11)4-13(5)7(12)14/h5-6H,4H2,1H3,(H2,12,14). The molecule has 0 aromatic carbocycles. The summed E-state index contributed by atoms with van der Waals surface area (Å²) in [6, 6.07) is -0.954. The van der Waals surface area contributed by atoms with E-state index in [4.69, 9.17) is 5.73 Å². The molecule has 0 spiro atoms. The Kier molecular flexibility index (Phi) is 2.60. The lowest BCUT2D eigenvalue weighted by Gasteiger charge is -2.42. The first-order chi connectivity index (χ1) is 6.31. The molecule has 1 rings (SSSR count). The fourth-order valence-electron chi connectivity index (χ4n) is 1.24. The normalized spacial score (nSPS) is 26.1. The van der Waals surface area contributed by atoms with Crippen molar-refractivity contribution < 1.29 is 18.0 Å². The van der Waals surface area contributed by atoms with Crippen molar-refractivity contribution in [1.82, 2.24) is 4.90 Å². The van der Waals surface area contributed by atoms with Crippen molar-refractivity contribution in [3.8, 4) is 11.8 Å². The van der Waals surface area contributed by atoms with Crippen LogP contribution in [-0.4, -0.2) is 29.7 Å². The van der Waals surface area contributed by atoms with E-state index in [-0.39, 0.29) is 12.6 Å². The van der Waals surface area contributed by atoms with E-state index >= 15 is 0 Å². The van der Waals surface area contributed by atoms with E-state index in [1.165, 1.54) is 10.8 Å². The third-order valence-electron chi connectivity index (χ3n) is 2.15. The van der Waals surface area contributed by atoms with Gasteiger partial charge in [0.15, 0.2) is 0 Å². The van der Waals surface area contributed by atoms with Gasteiger partial charge in [-0.3, -0.25) is 0 Å². The van der Waals surface area contributed by atoms with Gasteiger partial charge in [-0.1, -0.05) is 5.92 Å². The zero-order valence-corrected chi connectivity index (χ0v) is 7.43. The molecule has 2 N–H and O–H groups in total. The first kappa shape index (κ1) is 10.7. The monoisotopic (exact) mass is 206 g/mol. The lowest BCUT2D eigenvalue weighted by atomic mass is 9.91. The van der Waals surface area contributed by atoms with Gasteiger partial charge in [0.1, 0.15) is 0 Å². The summed E-state index contributed by atoms with van der Waals surface area (Å²) in [6.07, 6.45) is -4.47. The number of hydrogen-bond acceptors (Lipinski definition) is 1. The molecule has 2 atom stereocenters. The Morgan fingerprint density at radius 1 is 1.57 bits per heavy atom. The smallest absolute Gasteiger partial charge is 0.351 e. The summed E-state index contributed by atoms with van der Waals surface area (Å²) < 4.78 is 35.0. The number of halogens is 3. The highest BCUT2D eigenvalue weighted by Gasteiger charge is 2.37. The number of carbonyl (C=O) groups excluding carboxylic acids is 1. The second kappa shape index (κ2) is 3.40. The summed E-state index contributed by atoms with van der Waals surface area (Å²) in [7, 11) is 0. The van der Waals surface area contributed by atoms with Crippen molar-refractivity contribution in [3.63, 3.8) is 0 Å². The Morgan fingerprint density at radius 2 is 2.14 bits per heavy atom. The van der Waals surface area contributed by atoms with Crippen molar-refractivity contribution in [2.45, 2.75) is 19.1 Å². The first-order valence-electron chi connectivity index (χ1n) is 3.97. The fraction of sp³-hybridized carbons (Fsp3) is 0.625. The van der Waals surface area contributed by atoms with Gasteiger partial charge in [0, 0.05) is 18.5 Å². The summed E-state index contributed by atoms with van der Waals surface area (Å²) in [5.41, 5.74) is 4.95. The van der Waals surface area contributed by atoms with E-state index in [1.807, 2.05) is 0 Å². The Morgan fingerprint density at radius 3 is 2.50 bits per heavy atom. The Balaban J connectivity index is 2.52. The molecule has 1 fully saturated rings. The van der Waals surface area contributed by atoms with Crippen LogP contribution in [0.15, 0.2) is 0 Å². The molecule has 1 heterocycles. The number of primary amides is 1. The minimum absolute atomic E-state index is 0.180. The third kappa shape index (κ3) is 2.31. The number of nitrogens with zero attached hydrogens (tertiary/aromatic N) is 1. The molecule has 6 heteroatoms. The highest BCUT2D eigenvalue weighted by molar-refractivity contribution is 5.73. The summed E-state index contributed by atoms with van der Waals surface area (Å²) in [4.78, 5) is 11.9. The highest BCUT2D eigenvalue weighted by Crippen LogP contribution is 2.24. The zero-order chi connectivity index (χ0) is 10.9. The van der Waals surface area contributed by atoms with Crippen molar-refractivity contribution >= 4 is 6.03 Å². The zero-order valence-electron chi connectivity index (χ0n) is 7.43. The number of urea groups is 1. The fourth-order valence-corrected chi connectivity index (χ4v) is 1.24. The van der Waals surface area contributed by atoms with E-state index < -0.39 is 18.1 Å². The van der Waals surface area contributed by atoms with Gasteiger partial charge in [0.05, 0.1) is 5.92 Å². The van der Waals surface area contributed by atoms with Gasteiger partial charge in [-0.25, -0.2) is 4.79 Å². The van der Waals surface area contributed by atoms with Gasteiger partial charge < -0.3 is 10.6 Å². The molecule has 0 aromatic heterocycles. The molecule has 0 aromatic rings. The van der Waals surface area contributed by atoms with Crippen LogP contribution in [0.4, 0.5) is 18.0 Å². The van der Waals surface area contributed by atoms with Crippen molar-refractivity contribution in [2.24, 2.45) is 11.7 Å².